The first-order valence-electron chi connectivity index (χ1n) is 8.93. The van der Waals surface area contributed by atoms with Crippen LogP contribution in [0.1, 0.15) is 30.6 Å². The van der Waals surface area contributed by atoms with Crippen molar-refractivity contribution >= 4 is 21.6 Å². The number of para-hydroxylation sites is 1. The molecule has 0 aromatic heterocycles. The van der Waals surface area contributed by atoms with E-state index in [0.29, 0.717) is 30.5 Å². The number of hydrogen-bond donors (Lipinski definition) is 1. The van der Waals surface area contributed by atoms with E-state index < -0.39 is 15.8 Å². The maximum absolute atomic E-state index is 13.8. The number of halogens is 1. The second-order valence-electron chi connectivity index (χ2n) is 7.27. The van der Waals surface area contributed by atoms with Crippen molar-refractivity contribution in [2.45, 2.75) is 25.2 Å². The molecule has 1 aliphatic heterocycles. The first-order chi connectivity index (χ1) is 12.8. The Morgan fingerprint density at radius 1 is 1.07 bits per heavy atom. The number of carbonyl (C=O) groups is 1. The molecule has 0 bridgehead atoms. The lowest BCUT2D eigenvalue weighted by Gasteiger charge is -2.35. The zero-order chi connectivity index (χ0) is 19.6. The number of nitrogens with one attached hydrogen (secondary N) is 1. The van der Waals surface area contributed by atoms with Gasteiger partial charge in [-0.1, -0.05) is 32.0 Å². The van der Waals surface area contributed by atoms with Gasteiger partial charge in [-0.3, -0.25) is 9.52 Å². The Hall–Kier alpha value is -2.41. The number of benzene rings is 2. The summed E-state index contributed by atoms with van der Waals surface area (Å²) in [5, 5.41) is 0. The third kappa shape index (κ3) is 4.47. The zero-order valence-corrected chi connectivity index (χ0v) is 16.2. The number of hydrogen-bond acceptors (Lipinski definition) is 3. The molecule has 0 saturated carbocycles. The highest BCUT2D eigenvalue weighted by Crippen LogP contribution is 2.24. The van der Waals surface area contributed by atoms with Crippen LogP contribution in [-0.2, 0) is 10.0 Å². The van der Waals surface area contributed by atoms with Crippen LogP contribution >= 0.6 is 0 Å². The number of carbonyl (C=O) groups excluding carboxylic acids is 1. The summed E-state index contributed by atoms with van der Waals surface area (Å²) < 4.78 is 41.2. The number of sulfonamides is 1. The molecule has 7 heteroatoms. The van der Waals surface area contributed by atoms with E-state index in [1.807, 2.05) is 0 Å². The van der Waals surface area contributed by atoms with Gasteiger partial charge in [0.1, 0.15) is 5.82 Å². The normalized spacial score (nSPS) is 20.3. The topological polar surface area (TPSA) is 66.5 Å². The van der Waals surface area contributed by atoms with E-state index in [2.05, 4.69) is 18.6 Å². The molecule has 2 atom stereocenters. The van der Waals surface area contributed by atoms with Gasteiger partial charge in [0, 0.05) is 18.7 Å². The number of amides is 1. The van der Waals surface area contributed by atoms with Crippen molar-refractivity contribution in [1.29, 1.82) is 0 Å². The number of likely N-dealkylation sites (tertiary alicyclic amines) is 1. The van der Waals surface area contributed by atoms with Crippen LogP contribution in [-0.4, -0.2) is 32.3 Å². The summed E-state index contributed by atoms with van der Waals surface area (Å²) in [6, 6.07) is 11.4. The first kappa shape index (κ1) is 19.4. The Kier molecular flexibility index (Phi) is 5.51. The largest absolute Gasteiger partial charge is 0.338 e. The van der Waals surface area contributed by atoms with Crippen LogP contribution in [0.5, 0.6) is 0 Å². The lowest BCUT2D eigenvalue weighted by atomic mass is 9.91. The van der Waals surface area contributed by atoms with Crippen LogP contribution in [0.15, 0.2) is 53.4 Å². The Morgan fingerprint density at radius 2 is 1.74 bits per heavy atom. The van der Waals surface area contributed by atoms with Gasteiger partial charge in [0.25, 0.3) is 15.9 Å². The maximum Gasteiger partial charge on any atom is 0.262 e. The second-order valence-corrected chi connectivity index (χ2v) is 8.95. The molecule has 1 fully saturated rings. The van der Waals surface area contributed by atoms with E-state index in [4.69, 9.17) is 0 Å². The second kappa shape index (κ2) is 7.68. The van der Waals surface area contributed by atoms with Crippen molar-refractivity contribution < 1.29 is 17.6 Å². The summed E-state index contributed by atoms with van der Waals surface area (Å²) in [7, 11) is -4.00. The monoisotopic (exact) mass is 390 g/mol. The van der Waals surface area contributed by atoms with E-state index in [-0.39, 0.29) is 16.5 Å². The molecular weight excluding hydrogens is 367 g/mol. The molecule has 1 N–H and O–H groups in total. The van der Waals surface area contributed by atoms with Crippen molar-refractivity contribution in [2.24, 2.45) is 11.8 Å². The van der Waals surface area contributed by atoms with Gasteiger partial charge < -0.3 is 4.90 Å². The van der Waals surface area contributed by atoms with Gasteiger partial charge in [-0.05, 0) is 48.6 Å². The summed E-state index contributed by atoms with van der Waals surface area (Å²) in [6.07, 6.45) is 1.07. The summed E-state index contributed by atoms with van der Waals surface area (Å²) in [6.45, 7) is 5.53. The molecule has 1 heterocycles. The lowest BCUT2D eigenvalue weighted by molar-refractivity contribution is 0.0623. The molecule has 144 valence electrons. The minimum Gasteiger partial charge on any atom is -0.338 e. The molecule has 5 nitrogen and oxygen atoms in total. The number of nitrogens with zero attached hydrogens (tertiary/aromatic N) is 1. The van der Waals surface area contributed by atoms with E-state index in [1.165, 1.54) is 36.4 Å². The molecular formula is C20H23FN2O3S. The van der Waals surface area contributed by atoms with Gasteiger partial charge in [-0.2, -0.15) is 0 Å². The van der Waals surface area contributed by atoms with Crippen LogP contribution in [0.2, 0.25) is 0 Å². The average molecular weight is 390 g/mol. The van der Waals surface area contributed by atoms with Gasteiger partial charge in [-0.25, -0.2) is 12.8 Å². The molecule has 2 aromatic rings. The fourth-order valence-electron chi connectivity index (χ4n) is 3.56. The van der Waals surface area contributed by atoms with Gasteiger partial charge >= 0.3 is 0 Å². The first-order valence-corrected chi connectivity index (χ1v) is 10.4. The summed E-state index contributed by atoms with van der Waals surface area (Å²) in [5.74, 6) is -0.0272. The predicted octanol–water partition coefficient (Wildman–Crippen LogP) is 3.74. The number of anilines is 1. The van der Waals surface area contributed by atoms with Crippen molar-refractivity contribution in [2.75, 3.05) is 17.8 Å². The molecule has 1 amide bonds. The standard InChI is InChI=1S/C20H23FN2O3S/c1-14-10-15(2)13-23(12-14)20(24)16-6-5-7-17(11-16)27(25,26)22-19-9-4-3-8-18(19)21/h3-9,11,14-15,22H,10,12-13H2,1-2H3/t14-,15-/m1/s1. The highest BCUT2D eigenvalue weighted by molar-refractivity contribution is 7.92. The molecule has 1 saturated heterocycles. The fraction of sp³-hybridized carbons (Fsp3) is 0.350. The van der Waals surface area contributed by atoms with Gasteiger partial charge in [0.05, 0.1) is 10.6 Å². The van der Waals surface area contributed by atoms with Crippen LogP contribution in [0.25, 0.3) is 0 Å². The Labute approximate surface area is 159 Å². The fourth-order valence-corrected chi connectivity index (χ4v) is 4.67. The highest BCUT2D eigenvalue weighted by Gasteiger charge is 2.27. The van der Waals surface area contributed by atoms with E-state index in [1.54, 1.807) is 17.0 Å². The summed E-state index contributed by atoms with van der Waals surface area (Å²) in [4.78, 5) is 14.5. The molecule has 3 rings (SSSR count). The van der Waals surface area contributed by atoms with Crippen LogP contribution in [0.3, 0.4) is 0 Å². The van der Waals surface area contributed by atoms with Crippen LogP contribution in [0.4, 0.5) is 10.1 Å². The van der Waals surface area contributed by atoms with E-state index in [0.717, 1.165) is 6.42 Å². The molecule has 0 spiro atoms. The third-order valence-corrected chi connectivity index (χ3v) is 6.03. The van der Waals surface area contributed by atoms with Crippen LogP contribution < -0.4 is 4.72 Å². The smallest absolute Gasteiger partial charge is 0.262 e. The number of rotatable bonds is 4. The average Bonchev–Trinajstić information content (AvgIpc) is 2.62. The molecule has 1 aliphatic rings. The van der Waals surface area contributed by atoms with Gasteiger partial charge in [-0.15, -0.1) is 0 Å². The Bertz CT molecular complexity index is 936. The summed E-state index contributed by atoms with van der Waals surface area (Å²) >= 11 is 0. The lowest BCUT2D eigenvalue weighted by Crippen LogP contribution is -2.42. The molecule has 27 heavy (non-hydrogen) atoms. The third-order valence-electron chi connectivity index (χ3n) is 4.67. The van der Waals surface area contributed by atoms with Crippen molar-refractivity contribution in [1.82, 2.24) is 4.90 Å². The minimum absolute atomic E-state index is 0.0743. The minimum atomic E-state index is -4.00. The van der Waals surface area contributed by atoms with Crippen LogP contribution in [0, 0.1) is 17.7 Å². The molecule has 0 radical (unpaired) electrons. The highest BCUT2D eigenvalue weighted by atomic mass is 32.2. The SMILES string of the molecule is C[C@@H]1C[C@@H](C)CN(C(=O)c2cccc(S(=O)(=O)Nc3ccccc3F)c2)C1. The Morgan fingerprint density at radius 3 is 2.41 bits per heavy atom. The van der Waals surface area contributed by atoms with Crippen molar-refractivity contribution in [3.8, 4) is 0 Å². The zero-order valence-electron chi connectivity index (χ0n) is 15.4. The molecule has 2 aromatic carbocycles. The Balaban J connectivity index is 1.84. The molecule has 0 unspecified atom stereocenters. The summed E-state index contributed by atoms with van der Waals surface area (Å²) in [5.41, 5.74) is 0.181. The van der Waals surface area contributed by atoms with Gasteiger partial charge in [0.2, 0.25) is 0 Å². The maximum atomic E-state index is 13.8. The predicted molar refractivity (Wildman–Crippen MR) is 102 cm³/mol. The van der Waals surface area contributed by atoms with Gasteiger partial charge in [0.15, 0.2) is 0 Å². The number of piperidine rings is 1. The van der Waals surface area contributed by atoms with Crippen molar-refractivity contribution in [3.63, 3.8) is 0 Å². The van der Waals surface area contributed by atoms with E-state index in [9.17, 15) is 17.6 Å². The van der Waals surface area contributed by atoms with Crippen molar-refractivity contribution in [3.05, 3.63) is 59.9 Å². The quantitative estimate of drug-likeness (QED) is 0.865. The molecule has 0 aliphatic carbocycles. The van der Waals surface area contributed by atoms with E-state index >= 15 is 0 Å².